The first-order valence-corrected chi connectivity index (χ1v) is 8.59. The van der Waals surface area contributed by atoms with Crippen molar-refractivity contribution < 1.29 is 4.74 Å². The number of ether oxygens (including phenoxy) is 1. The number of fused-ring (bicyclic) bond motifs is 1. The summed E-state index contributed by atoms with van der Waals surface area (Å²) in [4.78, 5) is 3.96. The molecule has 0 bridgehead atoms. The summed E-state index contributed by atoms with van der Waals surface area (Å²) < 4.78 is 5.41. The second-order valence-corrected chi connectivity index (χ2v) is 6.84. The summed E-state index contributed by atoms with van der Waals surface area (Å²) >= 11 is 1.99. The first-order chi connectivity index (χ1) is 9.83. The van der Waals surface area contributed by atoms with E-state index in [-0.39, 0.29) is 0 Å². The number of benzene rings is 1. The third-order valence-corrected chi connectivity index (χ3v) is 5.20. The number of hydrogen-bond donors (Lipinski definition) is 1. The summed E-state index contributed by atoms with van der Waals surface area (Å²) in [6, 6.07) is 9.87. The van der Waals surface area contributed by atoms with Crippen molar-refractivity contribution in [2.45, 2.75) is 30.3 Å². The van der Waals surface area contributed by atoms with E-state index in [9.17, 15) is 0 Å². The van der Waals surface area contributed by atoms with Crippen LogP contribution in [0.15, 0.2) is 29.2 Å². The number of nitrogens with one attached hydrogen (secondary N) is 1. The summed E-state index contributed by atoms with van der Waals surface area (Å²) in [6.45, 7) is 7.34. The number of morpholine rings is 1. The smallest absolute Gasteiger partial charge is 0.0594 e. The average Bonchev–Trinajstić information content (AvgIpc) is 2.48. The number of thioether (sulfide) groups is 1. The monoisotopic (exact) mass is 292 g/mol. The molecule has 1 saturated heterocycles. The summed E-state index contributed by atoms with van der Waals surface area (Å²) in [7, 11) is 0. The highest BCUT2D eigenvalue weighted by Crippen LogP contribution is 2.35. The normalized spacial score (nSPS) is 25.1. The van der Waals surface area contributed by atoms with Gasteiger partial charge in [-0.25, -0.2) is 0 Å². The van der Waals surface area contributed by atoms with Gasteiger partial charge in [-0.05, 0) is 30.7 Å². The predicted octanol–water partition coefficient (Wildman–Crippen LogP) is 2.53. The summed E-state index contributed by atoms with van der Waals surface area (Å²) in [6.07, 6.45) is 1.23. The highest BCUT2D eigenvalue weighted by Gasteiger charge is 2.22. The van der Waals surface area contributed by atoms with Gasteiger partial charge in [0.1, 0.15) is 0 Å². The molecule has 0 aliphatic carbocycles. The molecular weight excluding hydrogens is 268 g/mol. The van der Waals surface area contributed by atoms with Gasteiger partial charge in [0, 0.05) is 36.6 Å². The fourth-order valence-corrected chi connectivity index (χ4v) is 4.21. The maximum atomic E-state index is 5.41. The standard InChI is InChI=1S/C16H24N2OS/c1-13(12-18-7-9-19-10-8-18)17-15-6-11-20-16-5-3-2-4-14(15)16/h2-5,13,15,17H,6-12H2,1H3. The van der Waals surface area contributed by atoms with E-state index in [4.69, 9.17) is 4.74 Å². The van der Waals surface area contributed by atoms with Crippen LogP contribution in [0.4, 0.5) is 0 Å². The van der Waals surface area contributed by atoms with Crippen LogP contribution >= 0.6 is 11.8 Å². The molecule has 110 valence electrons. The summed E-state index contributed by atoms with van der Waals surface area (Å²) in [5.74, 6) is 1.22. The lowest BCUT2D eigenvalue weighted by Crippen LogP contribution is -2.45. The largest absolute Gasteiger partial charge is 0.379 e. The van der Waals surface area contributed by atoms with E-state index in [1.807, 2.05) is 11.8 Å². The molecule has 2 aliphatic rings. The highest BCUT2D eigenvalue weighted by atomic mass is 32.2. The zero-order valence-electron chi connectivity index (χ0n) is 12.2. The Morgan fingerprint density at radius 1 is 1.35 bits per heavy atom. The molecule has 20 heavy (non-hydrogen) atoms. The number of nitrogens with zero attached hydrogens (tertiary/aromatic N) is 1. The van der Waals surface area contributed by atoms with Gasteiger partial charge in [0.2, 0.25) is 0 Å². The highest BCUT2D eigenvalue weighted by molar-refractivity contribution is 7.99. The van der Waals surface area contributed by atoms with Crippen molar-refractivity contribution in [1.29, 1.82) is 0 Å². The van der Waals surface area contributed by atoms with Crippen LogP contribution in [-0.4, -0.2) is 49.5 Å². The Morgan fingerprint density at radius 2 is 2.15 bits per heavy atom. The molecule has 3 rings (SSSR count). The van der Waals surface area contributed by atoms with Crippen molar-refractivity contribution in [1.82, 2.24) is 10.2 Å². The lowest BCUT2D eigenvalue weighted by Gasteiger charge is -2.33. The van der Waals surface area contributed by atoms with E-state index >= 15 is 0 Å². The van der Waals surface area contributed by atoms with E-state index in [1.54, 1.807) is 0 Å². The van der Waals surface area contributed by atoms with Gasteiger partial charge in [0.15, 0.2) is 0 Å². The van der Waals surface area contributed by atoms with Crippen LogP contribution in [0.2, 0.25) is 0 Å². The third-order valence-electron chi connectivity index (χ3n) is 4.08. The molecule has 2 heterocycles. The lowest BCUT2D eigenvalue weighted by molar-refractivity contribution is 0.0338. The Morgan fingerprint density at radius 3 is 3.00 bits per heavy atom. The fourth-order valence-electron chi connectivity index (χ4n) is 3.08. The molecule has 2 aliphatic heterocycles. The Balaban J connectivity index is 1.57. The van der Waals surface area contributed by atoms with Crippen LogP contribution in [-0.2, 0) is 4.74 Å². The second kappa shape index (κ2) is 6.94. The minimum atomic E-state index is 0.517. The van der Waals surface area contributed by atoms with E-state index in [0.29, 0.717) is 12.1 Å². The molecular formula is C16H24N2OS. The third kappa shape index (κ3) is 3.55. The van der Waals surface area contributed by atoms with Crippen molar-refractivity contribution in [2.75, 3.05) is 38.6 Å². The lowest BCUT2D eigenvalue weighted by atomic mass is 10.0. The summed E-state index contributed by atoms with van der Waals surface area (Å²) in [5, 5.41) is 3.83. The zero-order chi connectivity index (χ0) is 13.8. The SMILES string of the molecule is CC(CN1CCOCC1)NC1CCSc2ccccc21. The molecule has 1 N–H and O–H groups in total. The molecule has 0 amide bonds. The molecule has 1 aromatic carbocycles. The van der Waals surface area contributed by atoms with E-state index in [1.165, 1.54) is 22.6 Å². The van der Waals surface area contributed by atoms with E-state index in [2.05, 4.69) is 41.4 Å². The Hall–Kier alpha value is -0.550. The van der Waals surface area contributed by atoms with Crippen LogP contribution < -0.4 is 5.32 Å². The molecule has 4 heteroatoms. The quantitative estimate of drug-likeness (QED) is 0.922. The van der Waals surface area contributed by atoms with Crippen molar-refractivity contribution >= 4 is 11.8 Å². The van der Waals surface area contributed by atoms with Crippen molar-refractivity contribution in [3.8, 4) is 0 Å². The number of rotatable bonds is 4. The van der Waals surface area contributed by atoms with Gasteiger partial charge < -0.3 is 10.1 Å². The Kier molecular flexibility index (Phi) is 4.99. The molecule has 1 fully saturated rings. The van der Waals surface area contributed by atoms with Crippen molar-refractivity contribution in [2.24, 2.45) is 0 Å². The maximum Gasteiger partial charge on any atom is 0.0594 e. The van der Waals surface area contributed by atoms with Crippen LogP contribution in [0.1, 0.15) is 24.9 Å². The summed E-state index contributed by atoms with van der Waals surface area (Å²) in [5.41, 5.74) is 1.48. The molecule has 0 radical (unpaired) electrons. The first kappa shape index (κ1) is 14.4. The molecule has 2 unspecified atom stereocenters. The first-order valence-electron chi connectivity index (χ1n) is 7.61. The van der Waals surface area contributed by atoms with Gasteiger partial charge in [0.25, 0.3) is 0 Å². The van der Waals surface area contributed by atoms with Crippen molar-refractivity contribution in [3.63, 3.8) is 0 Å². The minimum Gasteiger partial charge on any atom is -0.379 e. The number of hydrogen-bond acceptors (Lipinski definition) is 4. The van der Waals surface area contributed by atoms with Crippen LogP contribution in [0, 0.1) is 0 Å². The molecule has 0 aromatic heterocycles. The molecule has 3 nitrogen and oxygen atoms in total. The van der Waals surface area contributed by atoms with Crippen LogP contribution in [0.25, 0.3) is 0 Å². The van der Waals surface area contributed by atoms with Gasteiger partial charge in [0.05, 0.1) is 13.2 Å². The Bertz CT molecular complexity index is 434. The average molecular weight is 292 g/mol. The van der Waals surface area contributed by atoms with Gasteiger partial charge >= 0.3 is 0 Å². The van der Waals surface area contributed by atoms with Gasteiger partial charge in [-0.2, -0.15) is 0 Å². The minimum absolute atomic E-state index is 0.517. The topological polar surface area (TPSA) is 24.5 Å². The van der Waals surface area contributed by atoms with Gasteiger partial charge in [-0.15, -0.1) is 11.8 Å². The van der Waals surface area contributed by atoms with E-state index in [0.717, 1.165) is 32.8 Å². The van der Waals surface area contributed by atoms with Gasteiger partial charge in [-0.3, -0.25) is 4.90 Å². The second-order valence-electron chi connectivity index (χ2n) is 5.71. The molecule has 0 saturated carbocycles. The van der Waals surface area contributed by atoms with Crippen LogP contribution in [0.3, 0.4) is 0 Å². The van der Waals surface area contributed by atoms with E-state index < -0.39 is 0 Å². The predicted molar refractivity (Wildman–Crippen MR) is 84.4 cm³/mol. The van der Waals surface area contributed by atoms with Crippen LogP contribution in [0.5, 0.6) is 0 Å². The maximum absolute atomic E-state index is 5.41. The molecule has 0 spiro atoms. The molecule has 1 aromatic rings. The Labute approximate surface area is 126 Å². The van der Waals surface area contributed by atoms with Gasteiger partial charge in [-0.1, -0.05) is 18.2 Å². The fraction of sp³-hybridized carbons (Fsp3) is 0.625. The van der Waals surface area contributed by atoms with Crippen molar-refractivity contribution in [3.05, 3.63) is 29.8 Å². The molecule has 2 atom stereocenters. The zero-order valence-corrected chi connectivity index (χ0v) is 13.0.